The first-order valence-electron chi connectivity index (χ1n) is 5.89. The van der Waals surface area contributed by atoms with Crippen LogP contribution in [0.1, 0.15) is 11.8 Å². The molecule has 0 saturated heterocycles. The molecule has 1 aromatic heterocycles. The van der Waals surface area contributed by atoms with E-state index in [0.717, 1.165) is 4.88 Å². The second-order valence-electron chi connectivity index (χ2n) is 3.99. The molecule has 0 aliphatic heterocycles. The van der Waals surface area contributed by atoms with Crippen LogP contribution in [0.25, 0.3) is 0 Å². The van der Waals surface area contributed by atoms with Crippen LogP contribution in [-0.4, -0.2) is 44.4 Å². The average molecular weight is 331 g/mol. The van der Waals surface area contributed by atoms with Gasteiger partial charge in [0.2, 0.25) is 10.0 Å². The number of rotatable bonds is 8. The van der Waals surface area contributed by atoms with Crippen molar-refractivity contribution >= 4 is 21.4 Å². The fraction of sp³-hybridized carbons (Fsp3) is 0.636. The fourth-order valence-corrected chi connectivity index (χ4v) is 3.58. The largest absolute Gasteiger partial charge is 0.411 e. The molecule has 0 unspecified atom stereocenters. The Morgan fingerprint density at radius 2 is 2.10 bits per heavy atom. The van der Waals surface area contributed by atoms with E-state index < -0.39 is 35.2 Å². The first-order valence-corrected chi connectivity index (χ1v) is 8.38. The summed E-state index contributed by atoms with van der Waals surface area (Å²) in [5.41, 5.74) is 0. The molecule has 1 heterocycles. The average Bonchev–Trinajstić information content (AvgIpc) is 2.83. The van der Waals surface area contributed by atoms with Gasteiger partial charge in [0, 0.05) is 18.0 Å². The maximum absolute atomic E-state index is 12.0. The number of alkyl halides is 3. The third kappa shape index (κ3) is 6.21. The van der Waals surface area contributed by atoms with E-state index in [4.69, 9.17) is 0 Å². The number of hydrogen-bond donors (Lipinski definition) is 0. The van der Waals surface area contributed by atoms with Crippen molar-refractivity contribution in [3.8, 4) is 0 Å². The lowest BCUT2D eigenvalue weighted by molar-refractivity contribution is -0.172. The van der Waals surface area contributed by atoms with Gasteiger partial charge in [-0.25, -0.2) is 8.42 Å². The van der Waals surface area contributed by atoms with Gasteiger partial charge in [-0.2, -0.15) is 17.5 Å². The molecular formula is C11H16F3NO3S2. The molecule has 0 aromatic carbocycles. The standard InChI is InChI=1S/C11H16F3NO3S2/c1-2-15(8-10-4-3-6-19-10)20(16,17)7-5-18-9-11(12,13)14/h3-4,6H,2,5,7-9H2,1H3. The number of nitrogens with zero attached hydrogens (tertiary/aromatic N) is 1. The van der Waals surface area contributed by atoms with Gasteiger partial charge >= 0.3 is 6.18 Å². The fourth-order valence-electron chi connectivity index (χ4n) is 1.46. The van der Waals surface area contributed by atoms with Crippen molar-refractivity contribution in [2.24, 2.45) is 0 Å². The van der Waals surface area contributed by atoms with Crippen molar-refractivity contribution in [3.63, 3.8) is 0 Å². The zero-order valence-electron chi connectivity index (χ0n) is 10.9. The lowest BCUT2D eigenvalue weighted by atomic mass is 10.4. The van der Waals surface area contributed by atoms with Gasteiger partial charge in [0.1, 0.15) is 6.61 Å². The molecule has 0 aliphatic rings. The minimum absolute atomic E-state index is 0.232. The van der Waals surface area contributed by atoms with Crippen molar-refractivity contribution in [1.29, 1.82) is 0 Å². The summed E-state index contributed by atoms with van der Waals surface area (Å²) in [5.74, 6) is -0.456. The quantitative estimate of drug-likeness (QED) is 0.688. The monoisotopic (exact) mass is 331 g/mol. The van der Waals surface area contributed by atoms with Crippen molar-refractivity contribution in [2.45, 2.75) is 19.6 Å². The number of ether oxygens (including phenoxy) is 1. The van der Waals surface area contributed by atoms with E-state index in [1.165, 1.54) is 15.6 Å². The SMILES string of the molecule is CCN(Cc1cccs1)S(=O)(=O)CCOCC(F)(F)F. The van der Waals surface area contributed by atoms with Gasteiger partial charge in [0.05, 0.1) is 12.4 Å². The molecule has 0 bridgehead atoms. The van der Waals surface area contributed by atoms with Crippen LogP contribution < -0.4 is 0 Å². The van der Waals surface area contributed by atoms with Crippen LogP contribution in [0, 0.1) is 0 Å². The number of thiophene rings is 1. The first-order chi connectivity index (χ1) is 9.24. The maximum atomic E-state index is 12.0. The lowest BCUT2D eigenvalue weighted by Crippen LogP contribution is -2.34. The predicted octanol–water partition coefficient (Wildman–Crippen LogP) is 2.48. The summed E-state index contributed by atoms with van der Waals surface area (Å²) in [6, 6.07) is 3.62. The van der Waals surface area contributed by atoms with Crippen molar-refractivity contribution in [1.82, 2.24) is 4.31 Å². The Balaban J connectivity index is 2.48. The Hall–Kier alpha value is -0.640. The molecule has 4 nitrogen and oxygen atoms in total. The second kappa shape index (κ2) is 7.39. The molecule has 0 N–H and O–H groups in total. The molecule has 0 atom stereocenters. The van der Waals surface area contributed by atoms with Gasteiger partial charge in [-0.05, 0) is 11.4 Å². The highest BCUT2D eigenvalue weighted by Crippen LogP contribution is 2.16. The topological polar surface area (TPSA) is 46.6 Å². The van der Waals surface area contributed by atoms with E-state index in [2.05, 4.69) is 4.74 Å². The molecule has 0 radical (unpaired) electrons. The highest BCUT2D eigenvalue weighted by atomic mass is 32.2. The molecule has 0 spiro atoms. The molecule has 20 heavy (non-hydrogen) atoms. The van der Waals surface area contributed by atoms with E-state index in [1.54, 1.807) is 6.92 Å². The zero-order chi connectivity index (χ0) is 15.2. The summed E-state index contributed by atoms with van der Waals surface area (Å²) < 4.78 is 65.1. The summed E-state index contributed by atoms with van der Waals surface area (Å²) in [4.78, 5) is 0.881. The first kappa shape index (κ1) is 17.4. The van der Waals surface area contributed by atoms with E-state index in [1.807, 2.05) is 17.5 Å². The van der Waals surface area contributed by atoms with Crippen LogP contribution in [0.15, 0.2) is 17.5 Å². The van der Waals surface area contributed by atoms with E-state index in [9.17, 15) is 21.6 Å². The smallest absolute Gasteiger partial charge is 0.371 e. The molecule has 1 rings (SSSR count). The molecule has 1 aromatic rings. The highest BCUT2D eigenvalue weighted by Gasteiger charge is 2.28. The van der Waals surface area contributed by atoms with Gasteiger partial charge in [-0.3, -0.25) is 0 Å². The van der Waals surface area contributed by atoms with Crippen LogP contribution in [0.5, 0.6) is 0 Å². The van der Waals surface area contributed by atoms with E-state index in [-0.39, 0.29) is 13.1 Å². The summed E-state index contributed by atoms with van der Waals surface area (Å²) in [5, 5.41) is 1.84. The van der Waals surface area contributed by atoms with Crippen molar-refractivity contribution < 1.29 is 26.3 Å². The summed E-state index contributed by atoms with van der Waals surface area (Å²) in [7, 11) is -3.62. The summed E-state index contributed by atoms with van der Waals surface area (Å²) in [6.45, 7) is 0.277. The Morgan fingerprint density at radius 3 is 2.60 bits per heavy atom. The molecule has 116 valence electrons. The third-order valence-corrected chi connectivity index (χ3v) is 5.13. The van der Waals surface area contributed by atoms with Crippen LogP contribution in [-0.2, 0) is 21.3 Å². The Labute approximate surface area is 120 Å². The number of hydrogen-bond acceptors (Lipinski definition) is 4. The predicted molar refractivity (Wildman–Crippen MR) is 71.1 cm³/mol. The molecule has 9 heteroatoms. The van der Waals surface area contributed by atoms with Crippen LogP contribution >= 0.6 is 11.3 Å². The number of sulfonamides is 1. The zero-order valence-corrected chi connectivity index (χ0v) is 12.5. The highest BCUT2D eigenvalue weighted by molar-refractivity contribution is 7.89. The third-order valence-electron chi connectivity index (χ3n) is 2.41. The second-order valence-corrected chi connectivity index (χ2v) is 7.11. The van der Waals surface area contributed by atoms with Gasteiger partial charge in [-0.1, -0.05) is 13.0 Å². The lowest BCUT2D eigenvalue weighted by Gasteiger charge is -2.19. The minimum atomic E-state index is -4.44. The summed E-state index contributed by atoms with van der Waals surface area (Å²) >= 11 is 1.43. The molecule has 0 amide bonds. The Kier molecular flexibility index (Phi) is 6.44. The van der Waals surface area contributed by atoms with Gasteiger partial charge in [-0.15, -0.1) is 11.3 Å². The van der Waals surface area contributed by atoms with Crippen molar-refractivity contribution in [3.05, 3.63) is 22.4 Å². The van der Waals surface area contributed by atoms with Crippen LogP contribution in [0.3, 0.4) is 0 Å². The minimum Gasteiger partial charge on any atom is -0.371 e. The molecular weight excluding hydrogens is 315 g/mol. The Morgan fingerprint density at radius 1 is 1.40 bits per heavy atom. The van der Waals surface area contributed by atoms with E-state index >= 15 is 0 Å². The van der Waals surface area contributed by atoms with E-state index in [0.29, 0.717) is 0 Å². The Bertz CT molecular complexity index is 486. The van der Waals surface area contributed by atoms with Crippen LogP contribution in [0.4, 0.5) is 13.2 Å². The van der Waals surface area contributed by atoms with Gasteiger partial charge < -0.3 is 4.74 Å². The maximum Gasteiger partial charge on any atom is 0.411 e. The molecule has 0 fully saturated rings. The van der Waals surface area contributed by atoms with Gasteiger partial charge in [0.15, 0.2) is 0 Å². The van der Waals surface area contributed by atoms with Crippen LogP contribution in [0.2, 0.25) is 0 Å². The molecule has 0 saturated carbocycles. The summed E-state index contributed by atoms with van der Waals surface area (Å²) in [6.07, 6.45) is -4.44. The molecule has 0 aliphatic carbocycles. The number of halogens is 3. The van der Waals surface area contributed by atoms with Crippen molar-refractivity contribution in [2.75, 3.05) is 25.5 Å². The normalized spacial score (nSPS) is 13.1. The van der Waals surface area contributed by atoms with Gasteiger partial charge in [0.25, 0.3) is 0 Å².